The lowest BCUT2D eigenvalue weighted by Crippen LogP contribution is -2.27. The number of carbonyl (C=O) groups is 2. The molecule has 0 aromatic heterocycles. The van der Waals surface area contributed by atoms with Crippen LogP contribution in [0.15, 0.2) is 48.5 Å². The Labute approximate surface area is 149 Å². The van der Waals surface area contributed by atoms with Crippen molar-refractivity contribution >= 4 is 23.3 Å². The van der Waals surface area contributed by atoms with Gasteiger partial charge < -0.3 is 14.4 Å². The number of rotatable bonds is 5. The maximum absolute atomic E-state index is 12.4. The van der Waals surface area contributed by atoms with Crippen molar-refractivity contribution in [2.45, 2.75) is 6.42 Å². The molecule has 0 radical (unpaired) electrons. The number of nitro benzene ring substituents is 1. The molecule has 1 saturated heterocycles. The Bertz CT molecular complexity index is 849. The van der Waals surface area contributed by atoms with Crippen LogP contribution in [0.3, 0.4) is 0 Å². The molecule has 1 fully saturated rings. The average molecular weight is 356 g/mol. The average Bonchev–Trinajstić information content (AvgIpc) is 3.04. The van der Waals surface area contributed by atoms with Crippen LogP contribution in [0.1, 0.15) is 6.42 Å². The van der Waals surface area contributed by atoms with Crippen LogP contribution in [0.4, 0.5) is 11.4 Å². The lowest BCUT2D eigenvalue weighted by atomic mass is 10.1. The molecule has 1 amide bonds. The van der Waals surface area contributed by atoms with E-state index in [2.05, 4.69) is 0 Å². The van der Waals surface area contributed by atoms with E-state index in [0.29, 0.717) is 17.2 Å². The van der Waals surface area contributed by atoms with E-state index in [0.717, 1.165) is 0 Å². The summed E-state index contributed by atoms with van der Waals surface area (Å²) in [6, 6.07) is 12.4. The van der Waals surface area contributed by atoms with Crippen molar-refractivity contribution in [1.29, 1.82) is 0 Å². The Hall–Kier alpha value is -3.42. The summed E-state index contributed by atoms with van der Waals surface area (Å²) in [6.45, 7) is 0.157. The molecule has 1 aliphatic rings. The molecule has 0 spiro atoms. The first kappa shape index (κ1) is 17.4. The van der Waals surface area contributed by atoms with Gasteiger partial charge >= 0.3 is 5.97 Å². The summed E-state index contributed by atoms with van der Waals surface area (Å²) >= 11 is 0. The summed E-state index contributed by atoms with van der Waals surface area (Å²) in [4.78, 5) is 36.3. The molecule has 0 N–H and O–H groups in total. The fraction of sp³-hybridized carbons (Fsp3) is 0.222. The normalized spacial score (nSPS) is 16.4. The molecule has 26 heavy (non-hydrogen) atoms. The molecule has 0 saturated carbocycles. The van der Waals surface area contributed by atoms with E-state index in [-0.39, 0.29) is 24.6 Å². The molecule has 1 heterocycles. The minimum absolute atomic E-state index is 0.0188. The summed E-state index contributed by atoms with van der Waals surface area (Å²) in [5.74, 6) is -0.658. The highest BCUT2D eigenvalue weighted by atomic mass is 16.6. The molecule has 2 aromatic rings. The molecule has 0 bridgehead atoms. The van der Waals surface area contributed by atoms with Crippen LogP contribution in [0.2, 0.25) is 0 Å². The van der Waals surface area contributed by atoms with Gasteiger partial charge in [0.2, 0.25) is 5.91 Å². The summed E-state index contributed by atoms with van der Waals surface area (Å²) in [5.41, 5.74) is 0.445. The number of hydrogen-bond donors (Lipinski definition) is 0. The molecule has 3 rings (SSSR count). The molecule has 0 aliphatic carbocycles. The Balaban J connectivity index is 1.70. The van der Waals surface area contributed by atoms with Gasteiger partial charge in [-0.25, -0.2) is 0 Å². The highest BCUT2D eigenvalue weighted by Crippen LogP contribution is 2.30. The molecule has 1 atom stereocenters. The second kappa shape index (κ2) is 7.22. The number of para-hydroxylation sites is 2. The zero-order valence-electron chi connectivity index (χ0n) is 14.0. The summed E-state index contributed by atoms with van der Waals surface area (Å²) in [6.07, 6.45) is 0.0188. The van der Waals surface area contributed by atoms with Crippen molar-refractivity contribution in [3.63, 3.8) is 0 Å². The smallest absolute Gasteiger partial charge is 0.316 e. The van der Waals surface area contributed by atoms with Gasteiger partial charge in [-0.05, 0) is 24.3 Å². The van der Waals surface area contributed by atoms with Crippen LogP contribution < -0.4 is 14.4 Å². The number of anilines is 1. The number of methoxy groups -OCH3 is 1. The number of amides is 1. The van der Waals surface area contributed by atoms with E-state index < -0.39 is 16.8 Å². The first-order valence-corrected chi connectivity index (χ1v) is 7.89. The largest absolute Gasteiger partial charge is 0.493 e. The van der Waals surface area contributed by atoms with Gasteiger partial charge in [0.05, 0.1) is 18.0 Å². The van der Waals surface area contributed by atoms with Crippen LogP contribution in [0.25, 0.3) is 0 Å². The molecule has 2 aromatic carbocycles. The second-order valence-electron chi connectivity index (χ2n) is 5.75. The zero-order valence-corrected chi connectivity index (χ0v) is 14.0. The van der Waals surface area contributed by atoms with E-state index in [4.69, 9.17) is 9.47 Å². The highest BCUT2D eigenvalue weighted by Gasteiger charge is 2.36. The first-order valence-electron chi connectivity index (χ1n) is 7.89. The maximum Gasteiger partial charge on any atom is 0.316 e. The lowest BCUT2D eigenvalue weighted by Gasteiger charge is -2.16. The Kier molecular flexibility index (Phi) is 4.83. The van der Waals surface area contributed by atoms with Crippen LogP contribution in [-0.2, 0) is 9.59 Å². The van der Waals surface area contributed by atoms with Crippen LogP contribution in [0, 0.1) is 16.0 Å². The number of nitrogens with zero attached hydrogens (tertiary/aromatic N) is 2. The van der Waals surface area contributed by atoms with Crippen molar-refractivity contribution in [2.24, 2.45) is 5.92 Å². The zero-order chi connectivity index (χ0) is 18.7. The third-order valence-corrected chi connectivity index (χ3v) is 4.11. The maximum atomic E-state index is 12.4. The number of carbonyl (C=O) groups excluding carboxylic acids is 2. The topological polar surface area (TPSA) is 99.0 Å². The van der Waals surface area contributed by atoms with Gasteiger partial charge in [-0.3, -0.25) is 19.7 Å². The Morgan fingerprint density at radius 2 is 1.81 bits per heavy atom. The fourth-order valence-electron chi connectivity index (χ4n) is 2.76. The predicted molar refractivity (Wildman–Crippen MR) is 92.2 cm³/mol. The van der Waals surface area contributed by atoms with E-state index in [9.17, 15) is 19.7 Å². The van der Waals surface area contributed by atoms with Crippen molar-refractivity contribution in [3.8, 4) is 11.5 Å². The minimum Gasteiger partial charge on any atom is -0.493 e. The van der Waals surface area contributed by atoms with Crippen LogP contribution >= 0.6 is 0 Å². The Morgan fingerprint density at radius 3 is 2.42 bits per heavy atom. The molecule has 8 heteroatoms. The number of benzene rings is 2. The third-order valence-electron chi connectivity index (χ3n) is 4.11. The molecular formula is C18H16N2O6. The quantitative estimate of drug-likeness (QED) is 0.353. The van der Waals surface area contributed by atoms with E-state index >= 15 is 0 Å². The van der Waals surface area contributed by atoms with E-state index in [1.807, 2.05) is 0 Å². The second-order valence-corrected chi connectivity index (χ2v) is 5.75. The monoisotopic (exact) mass is 356 g/mol. The van der Waals surface area contributed by atoms with Gasteiger partial charge in [0.25, 0.3) is 5.69 Å². The summed E-state index contributed by atoms with van der Waals surface area (Å²) in [5, 5.41) is 10.7. The Morgan fingerprint density at radius 1 is 1.15 bits per heavy atom. The van der Waals surface area contributed by atoms with Crippen LogP contribution in [-0.4, -0.2) is 30.5 Å². The standard InChI is InChI=1S/C18H16N2O6/c1-25-15-4-2-3-5-16(15)26-18(22)12-10-17(21)19(11-12)13-6-8-14(9-7-13)20(23)24/h2-9,12H,10-11H2,1H3/t12-/m0/s1. The van der Waals surface area contributed by atoms with Crippen molar-refractivity contribution in [3.05, 3.63) is 58.6 Å². The minimum atomic E-state index is -0.623. The van der Waals surface area contributed by atoms with Gasteiger partial charge in [-0.2, -0.15) is 0 Å². The molecule has 8 nitrogen and oxygen atoms in total. The molecular weight excluding hydrogens is 340 g/mol. The number of nitro groups is 1. The predicted octanol–water partition coefficient (Wildman–Crippen LogP) is 2.56. The fourth-order valence-corrected chi connectivity index (χ4v) is 2.76. The van der Waals surface area contributed by atoms with Gasteiger partial charge in [-0.1, -0.05) is 12.1 Å². The van der Waals surface area contributed by atoms with E-state index in [1.54, 1.807) is 24.3 Å². The molecule has 1 aliphatic heterocycles. The highest BCUT2D eigenvalue weighted by molar-refractivity contribution is 5.99. The number of non-ortho nitro benzene ring substituents is 1. The number of esters is 1. The van der Waals surface area contributed by atoms with Gasteiger partial charge in [0, 0.05) is 30.8 Å². The SMILES string of the molecule is COc1ccccc1OC(=O)[C@H]1CC(=O)N(c2ccc([N+](=O)[O-])cc2)C1. The molecule has 0 unspecified atom stereocenters. The van der Waals surface area contributed by atoms with Gasteiger partial charge in [0.15, 0.2) is 11.5 Å². The van der Waals surface area contributed by atoms with Crippen molar-refractivity contribution in [2.75, 3.05) is 18.6 Å². The molecule has 134 valence electrons. The van der Waals surface area contributed by atoms with Crippen LogP contribution in [0.5, 0.6) is 11.5 Å². The number of ether oxygens (including phenoxy) is 2. The summed E-state index contributed by atoms with van der Waals surface area (Å²) in [7, 11) is 1.47. The van der Waals surface area contributed by atoms with Gasteiger partial charge in [-0.15, -0.1) is 0 Å². The lowest BCUT2D eigenvalue weighted by molar-refractivity contribution is -0.384. The summed E-state index contributed by atoms with van der Waals surface area (Å²) < 4.78 is 10.5. The van der Waals surface area contributed by atoms with E-state index in [1.165, 1.54) is 36.3 Å². The first-order chi connectivity index (χ1) is 12.5. The van der Waals surface area contributed by atoms with Crippen molar-refractivity contribution in [1.82, 2.24) is 0 Å². The number of hydrogen-bond acceptors (Lipinski definition) is 6. The van der Waals surface area contributed by atoms with Crippen molar-refractivity contribution < 1.29 is 24.0 Å². The third kappa shape index (κ3) is 3.49. The van der Waals surface area contributed by atoms with Gasteiger partial charge in [0.1, 0.15) is 0 Å².